The molecule has 35 heavy (non-hydrogen) atoms. The molecule has 3 amide bonds. The van der Waals surface area contributed by atoms with E-state index in [9.17, 15) is 19.2 Å². The molecule has 0 atom stereocenters. The number of rotatable bonds is 6. The Labute approximate surface area is 206 Å². The normalized spacial score (nSPS) is 15.2. The number of carbonyl (C=O) groups is 3. The van der Waals surface area contributed by atoms with E-state index >= 15 is 0 Å². The minimum atomic E-state index is -0.629. The summed E-state index contributed by atoms with van der Waals surface area (Å²) in [7, 11) is 1.71. The molecule has 1 N–H and O–H groups in total. The quantitative estimate of drug-likeness (QED) is 0.527. The van der Waals surface area contributed by atoms with Crippen molar-refractivity contribution in [3.63, 3.8) is 0 Å². The molecule has 0 bridgehead atoms. The fourth-order valence-corrected chi connectivity index (χ4v) is 4.62. The van der Waals surface area contributed by atoms with Gasteiger partial charge in [-0.15, -0.1) is 0 Å². The van der Waals surface area contributed by atoms with Crippen LogP contribution < -0.4 is 10.9 Å². The number of imide groups is 1. The molecule has 1 fully saturated rings. The van der Waals surface area contributed by atoms with E-state index in [2.05, 4.69) is 5.32 Å². The Bertz CT molecular complexity index is 1420. The zero-order chi connectivity index (χ0) is 25.1. The first-order chi connectivity index (χ1) is 16.8. The van der Waals surface area contributed by atoms with Crippen LogP contribution in [0.5, 0.6) is 0 Å². The van der Waals surface area contributed by atoms with Gasteiger partial charge in [-0.2, -0.15) is 0 Å². The standard InChI is InChI=1S/C26H24N4O4S/c1-17(14-19-10-6-4-7-11-19)15-21-24(32)29(26(34)35-21)16-22(31)27-23-18(2)28(3)30(25(23)33)20-12-8-5-9-13-20/h4-15H,16H2,1-3H3,(H,27,31)/b17-14+,21-15+. The summed E-state index contributed by atoms with van der Waals surface area (Å²) in [4.78, 5) is 52.1. The van der Waals surface area contributed by atoms with Crippen LogP contribution >= 0.6 is 11.8 Å². The zero-order valence-corrected chi connectivity index (χ0v) is 20.3. The zero-order valence-electron chi connectivity index (χ0n) is 19.5. The number of nitrogens with one attached hydrogen (secondary N) is 1. The Morgan fingerprint density at radius 3 is 2.29 bits per heavy atom. The van der Waals surface area contributed by atoms with Crippen LogP contribution in [0.3, 0.4) is 0 Å². The van der Waals surface area contributed by atoms with Crippen molar-refractivity contribution < 1.29 is 14.4 Å². The van der Waals surface area contributed by atoms with Gasteiger partial charge >= 0.3 is 0 Å². The first-order valence-electron chi connectivity index (χ1n) is 10.9. The summed E-state index contributed by atoms with van der Waals surface area (Å²) in [5.41, 5.74) is 2.67. The van der Waals surface area contributed by atoms with E-state index in [1.165, 1.54) is 4.68 Å². The molecular weight excluding hydrogens is 464 g/mol. The summed E-state index contributed by atoms with van der Waals surface area (Å²) < 4.78 is 3.08. The van der Waals surface area contributed by atoms with Gasteiger partial charge in [0.05, 0.1) is 16.3 Å². The van der Waals surface area contributed by atoms with E-state index in [0.29, 0.717) is 11.4 Å². The number of anilines is 1. The van der Waals surface area contributed by atoms with Crippen LogP contribution in [-0.2, 0) is 16.6 Å². The molecule has 2 aromatic carbocycles. The maximum absolute atomic E-state index is 13.0. The van der Waals surface area contributed by atoms with Crippen molar-refractivity contribution in [2.45, 2.75) is 13.8 Å². The molecule has 178 valence electrons. The maximum Gasteiger partial charge on any atom is 0.295 e. The minimum absolute atomic E-state index is 0.102. The fraction of sp³-hybridized carbons (Fsp3) is 0.154. The van der Waals surface area contributed by atoms with E-state index in [4.69, 9.17) is 0 Å². The van der Waals surface area contributed by atoms with Crippen molar-refractivity contribution in [1.82, 2.24) is 14.3 Å². The molecule has 1 saturated heterocycles. The number of carbonyl (C=O) groups excluding carboxylic acids is 3. The number of aromatic nitrogens is 2. The van der Waals surface area contributed by atoms with E-state index in [1.54, 1.807) is 36.9 Å². The summed E-state index contributed by atoms with van der Waals surface area (Å²) in [6.07, 6.45) is 3.53. The van der Waals surface area contributed by atoms with Crippen LogP contribution in [0.2, 0.25) is 0 Å². The van der Waals surface area contributed by atoms with E-state index in [1.807, 2.05) is 61.5 Å². The smallest absolute Gasteiger partial charge is 0.295 e. The Kier molecular flexibility index (Phi) is 6.88. The van der Waals surface area contributed by atoms with Gasteiger partial charge in [-0.1, -0.05) is 54.6 Å². The number of nitrogens with zero attached hydrogens (tertiary/aromatic N) is 3. The summed E-state index contributed by atoms with van der Waals surface area (Å²) >= 11 is 0.787. The number of thioether (sulfide) groups is 1. The van der Waals surface area contributed by atoms with Gasteiger partial charge in [-0.05, 0) is 55.0 Å². The monoisotopic (exact) mass is 488 g/mol. The molecule has 3 aromatic rings. The van der Waals surface area contributed by atoms with Crippen molar-refractivity contribution in [2.24, 2.45) is 7.05 Å². The van der Waals surface area contributed by atoms with Gasteiger partial charge in [0, 0.05) is 7.05 Å². The lowest BCUT2D eigenvalue weighted by Gasteiger charge is -2.12. The van der Waals surface area contributed by atoms with Crippen molar-refractivity contribution >= 4 is 40.6 Å². The second-order valence-corrected chi connectivity index (χ2v) is 9.04. The highest BCUT2D eigenvalue weighted by molar-refractivity contribution is 8.18. The van der Waals surface area contributed by atoms with Gasteiger partial charge in [0.25, 0.3) is 16.7 Å². The molecular formula is C26H24N4O4S. The number of para-hydroxylation sites is 1. The Morgan fingerprint density at radius 1 is 1.00 bits per heavy atom. The maximum atomic E-state index is 13.0. The van der Waals surface area contributed by atoms with E-state index in [0.717, 1.165) is 27.8 Å². The van der Waals surface area contributed by atoms with E-state index in [-0.39, 0.29) is 10.6 Å². The summed E-state index contributed by atoms with van der Waals surface area (Å²) in [6.45, 7) is 3.06. The van der Waals surface area contributed by atoms with Gasteiger partial charge in [0.1, 0.15) is 12.2 Å². The van der Waals surface area contributed by atoms with Crippen LogP contribution in [0.15, 0.2) is 82.0 Å². The fourth-order valence-electron chi connectivity index (χ4n) is 3.73. The third kappa shape index (κ3) is 5.04. The summed E-state index contributed by atoms with van der Waals surface area (Å²) in [5.74, 6) is -1.17. The lowest BCUT2D eigenvalue weighted by atomic mass is 10.1. The van der Waals surface area contributed by atoms with Crippen LogP contribution in [0, 0.1) is 6.92 Å². The molecule has 0 spiro atoms. The molecule has 1 aromatic heterocycles. The molecule has 0 unspecified atom stereocenters. The van der Waals surface area contributed by atoms with Gasteiger partial charge in [0.2, 0.25) is 5.91 Å². The highest BCUT2D eigenvalue weighted by Crippen LogP contribution is 2.31. The Balaban J connectivity index is 1.49. The average molecular weight is 489 g/mol. The number of amides is 3. The number of hydrogen-bond acceptors (Lipinski definition) is 5. The van der Waals surface area contributed by atoms with Crippen LogP contribution in [0.4, 0.5) is 10.5 Å². The molecule has 0 radical (unpaired) electrons. The van der Waals surface area contributed by atoms with E-state index < -0.39 is 29.2 Å². The van der Waals surface area contributed by atoms with Crippen LogP contribution in [-0.4, -0.2) is 37.9 Å². The van der Waals surface area contributed by atoms with Crippen LogP contribution in [0.25, 0.3) is 11.8 Å². The molecule has 1 aliphatic heterocycles. The molecule has 0 saturated carbocycles. The molecule has 1 aliphatic rings. The summed E-state index contributed by atoms with van der Waals surface area (Å²) in [5, 5.41) is 2.05. The highest BCUT2D eigenvalue weighted by Gasteiger charge is 2.36. The first-order valence-corrected chi connectivity index (χ1v) is 11.7. The third-order valence-electron chi connectivity index (χ3n) is 5.55. The number of benzene rings is 2. The molecule has 0 aliphatic carbocycles. The predicted octanol–water partition coefficient (Wildman–Crippen LogP) is 4.11. The molecule has 4 rings (SSSR count). The molecule has 8 nitrogen and oxygen atoms in total. The average Bonchev–Trinajstić information content (AvgIpc) is 3.21. The Hall–Kier alpha value is -4.11. The second kappa shape index (κ2) is 10.0. The lowest BCUT2D eigenvalue weighted by Crippen LogP contribution is -2.37. The van der Waals surface area contributed by atoms with Gasteiger partial charge in [-0.25, -0.2) is 4.68 Å². The molecule has 9 heteroatoms. The highest BCUT2D eigenvalue weighted by atomic mass is 32.2. The summed E-state index contributed by atoms with van der Waals surface area (Å²) in [6, 6.07) is 18.6. The van der Waals surface area contributed by atoms with Gasteiger partial charge in [-0.3, -0.25) is 28.8 Å². The van der Waals surface area contributed by atoms with Crippen molar-refractivity contribution in [2.75, 3.05) is 11.9 Å². The first kappa shape index (κ1) is 24.0. The second-order valence-electron chi connectivity index (χ2n) is 8.05. The van der Waals surface area contributed by atoms with Gasteiger partial charge in [0.15, 0.2) is 0 Å². The molecule has 2 heterocycles. The minimum Gasteiger partial charge on any atom is -0.318 e. The SMILES string of the molecule is CC(=C\c1ccccc1)/C=C1/SC(=O)N(CC(=O)Nc2c(C)n(C)n(-c3ccccc3)c2=O)C1=O. The predicted molar refractivity (Wildman–Crippen MR) is 137 cm³/mol. The Morgan fingerprint density at radius 2 is 1.63 bits per heavy atom. The van der Waals surface area contributed by atoms with Gasteiger partial charge < -0.3 is 5.32 Å². The topological polar surface area (TPSA) is 93.4 Å². The number of hydrogen-bond donors (Lipinski definition) is 1. The third-order valence-corrected chi connectivity index (χ3v) is 6.45. The lowest BCUT2D eigenvalue weighted by molar-refractivity contribution is -0.127. The van der Waals surface area contributed by atoms with Crippen molar-refractivity contribution in [3.05, 3.63) is 98.8 Å². The largest absolute Gasteiger partial charge is 0.318 e. The van der Waals surface area contributed by atoms with Crippen molar-refractivity contribution in [1.29, 1.82) is 0 Å². The van der Waals surface area contributed by atoms with Crippen molar-refractivity contribution in [3.8, 4) is 5.69 Å². The number of allylic oxidation sites excluding steroid dienone is 2. The van der Waals surface area contributed by atoms with Crippen LogP contribution in [0.1, 0.15) is 18.2 Å².